The van der Waals surface area contributed by atoms with Gasteiger partial charge in [0.2, 0.25) is 5.91 Å². The van der Waals surface area contributed by atoms with Crippen LogP contribution >= 0.6 is 11.6 Å². The Labute approximate surface area is 183 Å². The molecule has 0 radical (unpaired) electrons. The first-order valence-corrected chi connectivity index (χ1v) is 10.9. The minimum atomic E-state index is -0.618. The highest BCUT2D eigenvalue weighted by atomic mass is 35.5. The fourth-order valence-corrected chi connectivity index (χ4v) is 4.08. The quantitative estimate of drug-likeness (QED) is 0.597. The molecule has 0 heterocycles. The zero-order chi connectivity index (χ0) is 21.3. The Morgan fingerprint density at radius 2 is 1.77 bits per heavy atom. The maximum absolute atomic E-state index is 13.4. The molecule has 1 amide bonds. The Balaban J connectivity index is 1.91. The van der Waals surface area contributed by atoms with Crippen molar-refractivity contribution in [2.45, 2.75) is 51.2 Å². The number of esters is 1. The fraction of sp³-hybridized carbons (Fsp3) is 0.417. The summed E-state index contributed by atoms with van der Waals surface area (Å²) in [5, 5.41) is 3.80. The van der Waals surface area contributed by atoms with Crippen molar-refractivity contribution in [3.63, 3.8) is 0 Å². The molecule has 0 unspecified atom stereocenters. The van der Waals surface area contributed by atoms with Gasteiger partial charge in [0.25, 0.3) is 0 Å². The largest absolute Gasteiger partial charge is 0.465 e. The summed E-state index contributed by atoms with van der Waals surface area (Å²) in [6.45, 7) is 2.56. The molecule has 1 atom stereocenters. The molecule has 5 nitrogen and oxygen atoms in total. The van der Waals surface area contributed by atoms with Crippen LogP contribution in [-0.2, 0) is 20.9 Å². The first kappa shape index (κ1) is 22.3. The van der Waals surface area contributed by atoms with Gasteiger partial charge in [-0.25, -0.2) is 0 Å². The molecule has 0 saturated heterocycles. The van der Waals surface area contributed by atoms with Gasteiger partial charge in [-0.05, 0) is 43.0 Å². The molecule has 1 saturated carbocycles. The normalized spacial score (nSPS) is 15.2. The lowest BCUT2D eigenvalue weighted by molar-refractivity contribution is -0.146. The second kappa shape index (κ2) is 11.1. The SMILES string of the molecule is CCOC(=O)CN(Cc1ccccc1)[C@H](C(=O)NC1CCCC1)c1ccc(Cl)cc1. The fourth-order valence-electron chi connectivity index (χ4n) is 3.95. The van der Waals surface area contributed by atoms with Gasteiger partial charge in [-0.15, -0.1) is 0 Å². The number of halogens is 1. The zero-order valence-corrected chi connectivity index (χ0v) is 18.1. The first-order valence-electron chi connectivity index (χ1n) is 10.6. The van der Waals surface area contributed by atoms with E-state index in [0.717, 1.165) is 36.8 Å². The lowest BCUT2D eigenvalue weighted by Crippen LogP contribution is -2.45. The van der Waals surface area contributed by atoms with Crippen molar-refractivity contribution in [2.24, 2.45) is 0 Å². The molecule has 3 rings (SSSR count). The summed E-state index contributed by atoms with van der Waals surface area (Å²) >= 11 is 6.08. The van der Waals surface area contributed by atoms with Crippen molar-refractivity contribution in [3.8, 4) is 0 Å². The smallest absolute Gasteiger partial charge is 0.320 e. The Bertz CT molecular complexity index is 820. The van der Waals surface area contributed by atoms with Crippen LogP contribution in [0.1, 0.15) is 49.8 Å². The number of rotatable bonds is 9. The van der Waals surface area contributed by atoms with Crippen LogP contribution in [0.5, 0.6) is 0 Å². The van der Waals surface area contributed by atoms with Crippen LogP contribution in [0.3, 0.4) is 0 Å². The summed E-state index contributed by atoms with van der Waals surface area (Å²) in [5.41, 5.74) is 1.82. The monoisotopic (exact) mass is 428 g/mol. The van der Waals surface area contributed by atoms with E-state index in [1.165, 1.54) is 0 Å². The predicted octanol–water partition coefficient (Wildman–Crippen LogP) is 4.51. The summed E-state index contributed by atoms with van der Waals surface area (Å²) in [7, 11) is 0. The molecule has 1 fully saturated rings. The van der Waals surface area contributed by atoms with E-state index in [9.17, 15) is 9.59 Å². The highest BCUT2D eigenvalue weighted by molar-refractivity contribution is 6.30. The topological polar surface area (TPSA) is 58.6 Å². The molecule has 0 aliphatic heterocycles. The van der Waals surface area contributed by atoms with Crippen molar-refractivity contribution in [1.82, 2.24) is 10.2 Å². The highest BCUT2D eigenvalue weighted by Gasteiger charge is 2.31. The van der Waals surface area contributed by atoms with Crippen LogP contribution in [0.4, 0.5) is 0 Å². The van der Waals surface area contributed by atoms with Crippen LogP contribution in [0.25, 0.3) is 0 Å². The number of nitrogens with one attached hydrogen (secondary N) is 1. The van der Waals surface area contributed by atoms with Gasteiger partial charge >= 0.3 is 5.97 Å². The molecule has 0 bridgehead atoms. The van der Waals surface area contributed by atoms with Gasteiger partial charge in [0.1, 0.15) is 6.04 Å². The summed E-state index contributed by atoms with van der Waals surface area (Å²) in [6, 6.07) is 16.7. The maximum Gasteiger partial charge on any atom is 0.320 e. The van der Waals surface area contributed by atoms with E-state index in [4.69, 9.17) is 16.3 Å². The van der Waals surface area contributed by atoms with Crippen LogP contribution < -0.4 is 5.32 Å². The van der Waals surface area contributed by atoms with E-state index in [2.05, 4.69) is 5.32 Å². The number of nitrogens with zero attached hydrogens (tertiary/aromatic N) is 1. The molecule has 0 spiro atoms. The number of ether oxygens (including phenoxy) is 1. The van der Waals surface area contributed by atoms with Gasteiger partial charge < -0.3 is 10.1 Å². The maximum atomic E-state index is 13.4. The molecule has 160 valence electrons. The third-order valence-electron chi connectivity index (χ3n) is 5.37. The number of carbonyl (C=O) groups excluding carboxylic acids is 2. The minimum absolute atomic E-state index is 0.0219. The van der Waals surface area contributed by atoms with Gasteiger partial charge in [0, 0.05) is 17.6 Å². The van der Waals surface area contributed by atoms with E-state index in [1.807, 2.05) is 47.4 Å². The van der Waals surface area contributed by atoms with Gasteiger partial charge in [0.15, 0.2) is 0 Å². The number of amides is 1. The highest BCUT2D eigenvalue weighted by Crippen LogP contribution is 2.27. The molecule has 30 heavy (non-hydrogen) atoms. The van der Waals surface area contributed by atoms with Crippen LogP contribution in [0, 0.1) is 0 Å². The molecular weight excluding hydrogens is 400 g/mol. The van der Waals surface area contributed by atoms with Gasteiger partial charge in [-0.1, -0.05) is 66.9 Å². The average molecular weight is 429 g/mol. The third-order valence-corrected chi connectivity index (χ3v) is 5.62. The van der Waals surface area contributed by atoms with Crippen molar-refractivity contribution in [2.75, 3.05) is 13.2 Å². The summed E-state index contributed by atoms with van der Waals surface area (Å²) in [4.78, 5) is 27.7. The van der Waals surface area contributed by atoms with E-state index >= 15 is 0 Å². The molecule has 1 aliphatic carbocycles. The van der Waals surface area contributed by atoms with Crippen molar-refractivity contribution in [3.05, 3.63) is 70.7 Å². The van der Waals surface area contributed by atoms with Crippen LogP contribution in [0.15, 0.2) is 54.6 Å². The Morgan fingerprint density at radius 3 is 2.40 bits per heavy atom. The molecule has 1 N–H and O–H groups in total. The van der Waals surface area contributed by atoms with Crippen LogP contribution in [0.2, 0.25) is 5.02 Å². The lowest BCUT2D eigenvalue weighted by Gasteiger charge is -2.31. The molecule has 6 heteroatoms. The van der Waals surface area contributed by atoms with E-state index in [-0.39, 0.29) is 24.5 Å². The number of hydrogen-bond donors (Lipinski definition) is 1. The summed E-state index contributed by atoms with van der Waals surface area (Å²) in [5.74, 6) is -0.439. The summed E-state index contributed by atoms with van der Waals surface area (Å²) in [6.07, 6.45) is 4.26. The van der Waals surface area contributed by atoms with Crippen molar-refractivity contribution >= 4 is 23.5 Å². The van der Waals surface area contributed by atoms with E-state index in [0.29, 0.717) is 18.2 Å². The Morgan fingerprint density at radius 1 is 1.10 bits per heavy atom. The minimum Gasteiger partial charge on any atom is -0.465 e. The molecule has 1 aliphatic rings. The zero-order valence-electron chi connectivity index (χ0n) is 17.4. The van der Waals surface area contributed by atoms with Crippen LogP contribution in [-0.4, -0.2) is 36.0 Å². The standard InChI is InChI=1S/C24H29ClN2O3/c1-2-30-22(28)17-27(16-18-8-4-3-5-9-18)23(19-12-14-20(25)15-13-19)24(29)26-21-10-6-7-11-21/h3-5,8-9,12-15,21,23H,2,6-7,10-11,16-17H2,1H3,(H,26,29)/t23-/m0/s1. The third kappa shape index (κ3) is 6.31. The van der Waals surface area contributed by atoms with Gasteiger partial charge in [-0.3, -0.25) is 14.5 Å². The van der Waals surface area contributed by atoms with Gasteiger partial charge in [-0.2, -0.15) is 0 Å². The lowest BCUT2D eigenvalue weighted by atomic mass is 10.0. The number of hydrogen-bond acceptors (Lipinski definition) is 4. The summed E-state index contributed by atoms with van der Waals surface area (Å²) < 4.78 is 5.19. The molecule has 0 aromatic heterocycles. The Kier molecular flexibility index (Phi) is 8.29. The van der Waals surface area contributed by atoms with E-state index in [1.54, 1.807) is 19.1 Å². The van der Waals surface area contributed by atoms with Gasteiger partial charge in [0.05, 0.1) is 13.2 Å². The Hall–Kier alpha value is -2.37. The predicted molar refractivity (Wildman–Crippen MR) is 118 cm³/mol. The number of carbonyl (C=O) groups is 2. The molecular formula is C24H29ClN2O3. The van der Waals surface area contributed by atoms with E-state index < -0.39 is 6.04 Å². The molecule has 2 aromatic carbocycles. The second-order valence-electron chi connectivity index (χ2n) is 7.64. The average Bonchev–Trinajstić information content (AvgIpc) is 3.23. The van der Waals surface area contributed by atoms with Crippen molar-refractivity contribution in [1.29, 1.82) is 0 Å². The van der Waals surface area contributed by atoms with Crippen molar-refractivity contribution < 1.29 is 14.3 Å². The second-order valence-corrected chi connectivity index (χ2v) is 8.08. The number of benzene rings is 2. The first-order chi connectivity index (χ1) is 14.6. The molecule has 2 aromatic rings.